The Balaban J connectivity index is 0.00000106. The zero-order chi connectivity index (χ0) is 15.5. The molecule has 4 heteroatoms. The normalized spacial score (nSPS) is 16.5. The van der Waals surface area contributed by atoms with Gasteiger partial charge in [-0.1, -0.05) is 45.2 Å². The van der Waals surface area contributed by atoms with E-state index in [-0.39, 0.29) is 6.42 Å². The van der Waals surface area contributed by atoms with E-state index >= 15 is 0 Å². The van der Waals surface area contributed by atoms with E-state index < -0.39 is 6.10 Å². The number of nitrogens with one attached hydrogen (secondary N) is 1. The molecule has 2 rings (SSSR count). The van der Waals surface area contributed by atoms with Crippen molar-refractivity contribution in [2.24, 2.45) is 0 Å². The first-order valence-corrected chi connectivity index (χ1v) is 8.68. The van der Waals surface area contributed by atoms with Gasteiger partial charge in [0, 0.05) is 10.9 Å². The molecule has 1 aromatic rings. The van der Waals surface area contributed by atoms with Crippen LogP contribution in [0.25, 0.3) is 0 Å². The highest BCUT2D eigenvalue weighted by Crippen LogP contribution is 2.25. The van der Waals surface area contributed by atoms with Gasteiger partial charge in [0.25, 0.3) is 0 Å². The van der Waals surface area contributed by atoms with Crippen molar-refractivity contribution in [1.82, 2.24) is 4.72 Å². The van der Waals surface area contributed by atoms with Gasteiger partial charge >= 0.3 is 0 Å². The molecule has 116 valence electrons. The van der Waals surface area contributed by atoms with Gasteiger partial charge in [-0.3, -0.25) is 4.72 Å². The summed E-state index contributed by atoms with van der Waals surface area (Å²) >= 11 is 1.63. The Morgan fingerprint density at radius 3 is 2.71 bits per heavy atom. The van der Waals surface area contributed by atoms with Crippen LogP contribution in [0.3, 0.4) is 0 Å². The third-order valence-electron chi connectivity index (χ3n) is 3.48. The van der Waals surface area contributed by atoms with Gasteiger partial charge in [-0.05, 0) is 42.5 Å². The maximum Gasteiger partial charge on any atom is 0.0920 e. The van der Waals surface area contributed by atoms with Crippen LogP contribution in [0.1, 0.15) is 64.0 Å². The largest absolute Gasteiger partial charge is 0.387 e. The lowest BCUT2D eigenvalue weighted by Gasteiger charge is -2.22. The smallest absolute Gasteiger partial charge is 0.0920 e. The molecule has 1 unspecified atom stereocenters. The number of aliphatic hydroxyl groups excluding tert-OH is 1. The fourth-order valence-electron chi connectivity index (χ4n) is 2.36. The zero-order valence-electron chi connectivity index (χ0n) is 13.0. The van der Waals surface area contributed by atoms with E-state index in [2.05, 4.69) is 4.72 Å². The average Bonchev–Trinajstić information content (AvgIpc) is 2.56. The van der Waals surface area contributed by atoms with Crippen molar-refractivity contribution in [2.45, 2.75) is 69.4 Å². The number of hydrogen-bond acceptors (Lipinski definition) is 4. The first-order valence-electron chi connectivity index (χ1n) is 7.87. The molecule has 0 saturated heterocycles. The summed E-state index contributed by atoms with van der Waals surface area (Å²) in [5.74, 6) is 0. The number of nitriles is 1. The Kier molecular flexibility index (Phi) is 9.16. The molecule has 1 atom stereocenters. The summed E-state index contributed by atoms with van der Waals surface area (Å²) in [5.41, 5.74) is 0.817. The molecule has 0 amide bonds. The zero-order valence-corrected chi connectivity index (χ0v) is 13.8. The van der Waals surface area contributed by atoms with Crippen molar-refractivity contribution in [3.8, 4) is 6.07 Å². The minimum absolute atomic E-state index is 0.143. The summed E-state index contributed by atoms with van der Waals surface area (Å²) < 4.78 is 3.51. The Labute approximate surface area is 132 Å². The third-order valence-corrected chi connectivity index (χ3v) is 4.42. The van der Waals surface area contributed by atoms with Crippen molar-refractivity contribution in [2.75, 3.05) is 0 Å². The van der Waals surface area contributed by atoms with Crippen LogP contribution in [-0.2, 0) is 0 Å². The van der Waals surface area contributed by atoms with Crippen LogP contribution in [-0.4, -0.2) is 11.1 Å². The quantitative estimate of drug-likeness (QED) is 0.781. The first-order chi connectivity index (χ1) is 10.3. The lowest BCUT2D eigenvalue weighted by atomic mass is 9.96. The van der Waals surface area contributed by atoms with E-state index in [4.69, 9.17) is 5.26 Å². The maximum atomic E-state index is 9.81. The lowest BCUT2D eigenvalue weighted by molar-refractivity contribution is 0.183. The predicted molar refractivity (Wildman–Crippen MR) is 88.8 cm³/mol. The number of hydrogen-bond donors (Lipinski definition) is 2. The van der Waals surface area contributed by atoms with E-state index in [9.17, 15) is 5.11 Å². The van der Waals surface area contributed by atoms with E-state index in [1.54, 1.807) is 11.9 Å². The van der Waals surface area contributed by atoms with E-state index in [1.165, 1.54) is 32.1 Å². The van der Waals surface area contributed by atoms with Crippen molar-refractivity contribution in [1.29, 1.82) is 5.26 Å². The van der Waals surface area contributed by atoms with Gasteiger partial charge in [-0.15, -0.1) is 0 Å². The highest BCUT2D eigenvalue weighted by Gasteiger charge is 2.13. The molecule has 1 aliphatic carbocycles. The molecule has 1 fully saturated rings. The molecule has 1 aliphatic rings. The molecule has 0 spiro atoms. The molecule has 0 heterocycles. The van der Waals surface area contributed by atoms with Gasteiger partial charge in [0.2, 0.25) is 0 Å². The Bertz CT molecular complexity index is 439. The van der Waals surface area contributed by atoms with Gasteiger partial charge in [-0.2, -0.15) is 5.26 Å². The summed E-state index contributed by atoms with van der Waals surface area (Å²) in [5, 5.41) is 18.4. The molecular weight excluding hydrogens is 280 g/mol. The second-order valence-electron chi connectivity index (χ2n) is 5.01. The van der Waals surface area contributed by atoms with Crippen LogP contribution in [0.2, 0.25) is 0 Å². The maximum absolute atomic E-state index is 9.81. The molecule has 0 radical (unpaired) electrons. The summed E-state index contributed by atoms with van der Waals surface area (Å²) in [6.07, 6.45) is 5.97. The number of aliphatic hydroxyl groups is 1. The minimum atomic E-state index is -0.680. The van der Waals surface area contributed by atoms with Crippen molar-refractivity contribution < 1.29 is 5.11 Å². The molecule has 2 N–H and O–H groups in total. The van der Waals surface area contributed by atoms with Crippen LogP contribution in [0.4, 0.5) is 0 Å². The SMILES string of the molecule is CC.N#CCC(O)c1cccc(SNC2CCCCC2)c1. The average molecular weight is 306 g/mol. The molecule has 21 heavy (non-hydrogen) atoms. The minimum Gasteiger partial charge on any atom is -0.387 e. The van der Waals surface area contributed by atoms with Gasteiger partial charge in [-0.25, -0.2) is 0 Å². The second-order valence-corrected chi connectivity index (χ2v) is 5.92. The summed E-state index contributed by atoms with van der Waals surface area (Å²) in [7, 11) is 0. The van der Waals surface area contributed by atoms with Gasteiger partial charge in [0.05, 0.1) is 18.6 Å². The van der Waals surface area contributed by atoms with Crippen LogP contribution < -0.4 is 4.72 Å². The molecule has 3 nitrogen and oxygen atoms in total. The van der Waals surface area contributed by atoms with Crippen LogP contribution in [0.5, 0.6) is 0 Å². The molecule has 1 saturated carbocycles. The second kappa shape index (κ2) is 10.7. The molecule has 0 bridgehead atoms. The Morgan fingerprint density at radius 1 is 1.33 bits per heavy atom. The van der Waals surface area contributed by atoms with Crippen molar-refractivity contribution in [3.05, 3.63) is 29.8 Å². The summed E-state index contributed by atoms with van der Waals surface area (Å²) in [4.78, 5) is 1.10. The van der Waals surface area contributed by atoms with Crippen LogP contribution in [0, 0.1) is 11.3 Å². The van der Waals surface area contributed by atoms with E-state index in [0.29, 0.717) is 6.04 Å². The molecule has 1 aromatic carbocycles. The number of rotatable bonds is 5. The predicted octanol–water partition coefficient (Wildman–Crippen LogP) is 4.59. The Hall–Kier alpha value is -1.02. The fraction of sp³-hybridized carbons (Fsp3) is 0.588. The number of benzene rings is 1. The van der Waals surface area contributed by atoms with Gasteiger partial charge in [0.1, 0.15) is 0 Å². The highest BCUT2D eigenvalue weighted by molar-refractivity contribution is 7.97. The monoisotopic (exact) mass is 306 g/mol. The Morgan fingerprint density at radius 2 is 2.05 bits per heavy atom. The third kappa shape index (κ3) is 6.52. The molecular formula is C17H26N2OS. The lowest BCUT2D eigenvalue weighted by Crippen LogP contribution is -2.25. The summed E-state index contributed by atoms with van der Waals surface area (Å²) in [6, 6.07) is 10.4. The van der Waals surface area contributed by atoms with E-state index in [0.717, 1.165) is 10.5 Å². The van der Waals surface area contributed by atoms with Crippen LogP contribution >= 0.6 is 11.9 Å². The van der Waals surface area contributed by atoms with Crippen LogP contribution in [0.15, 0.2) is 29.2 Å². The van der Waals surface area contributed by atoms with Gasteiger partial charge in [0.15, 0.2) is 0 Å². The summed E-state index contributed by atoms with van der Waals surface area (Å²) in [6.45, 7) is 4.00. The fourth-order valence-corrected chi connectivity index (χ4v) is 3.24. The van der Waals surface area contributed by atoms with Gasteiger partial charge < -0.3 is 5.11 Å². The highest BCUT2D eigenvalue weighted by atomic mass is 32.2. The number of nitrogens with zero attached hydrogens (tertiary/aromatic N) is 1. The van der Waals surface area contributed by atoms with Crippen molar-refractivity contribution in [3.63, 3.8) is 0 Å². The molecule has 0 aliphatic heterocycles. The molecule has 0 aromatic heterocycles. The van der Waals surface area contributed by atoms with Crippen molar-refractivity contribution >= 4 is 11.9 Å². The topological polar surface area (TPSA) is 56.0 Å². The standard InChI is InChI=1S/C15H20N2OS.C2H6/c16-10-9-15(18)12-5-4-8-14(11-12)19-17-13-6-2-1-3-7-13;1-2/h4-5,8,11,13,15,17-18H,1-3,6-7,9H2;1-2H3. The van der Waals surface area contributed by atoms with E-state index in [1.807, 2.05) is 44.2 Å². The first kappa shape index (κ1) is 18.0.